The molecule has 0 aliphatic heterocycles. The molecule has 0 bridgehead atoms. The summed E-state index contributed by atoms with van der Waals surface area (Å²) >= 11 is 0. The van der Waals surface area contributed by atoms with Crippen LogP contribution in [0, 0.1) is 0 Å². The van der Waals surface area contributed by atoms with Crippen molar-refractivity contribution in [2.75, 3.05) is 0 Å². The molecule has 0 atom stereocenters. The number of hydrogen-bond donors (Lipinski definition) is 0. The molecule has 0 aliphatic carbocycles. The molecule has 238 valence electrons. The lowest BCUT2D eigenvalue weighted by atomic mass is 10.1. The molecule has 51 heavy (non-hydrogen) atoms. The van der Waals surface area contributed by atoms with Gasteiger partial charge >= 0.3 is 0 Å². The maximum Gasteiger partial charge on any atom is 0.180 e. The fourth-order valence-electron chi connectivity index (χ4n) is 7.93. The van der Waals surface area contributed by atoms with Gasteiger partial charge in [0.25, 0.3) is 0 Å². The summed E-state index contributed by atoms with van der Waals surface area (Å²) in [4.78, 5) is 10.2. The smallest absolute Gasteiger partial charge is 0.180 e. The van der Waals surface area contributed by atoms with Crippen LogP contribution in [0.3, 0.4) is 0 Å². The van der Waals surface area contributed by atoms with Gasteiger partial charge < -0.3 is 13.6 Å². The van der Waals surface area contributed by atoms with E-state index >= 15 is 0 Å². The number of nitrogens with zero attached hydrogens (tertiary/aromatic N) is 4. The predicted molar refractivity (Wildman–Crippen MR) is 209 cm³/mol. The van der Waals surface area contributed by atoms with Gasteiger partial charge in [0.15, 0.2) is 11.4 Å². The average molecular weight is 653 g/mol. The van der Waals surface area contributed by atoms with Crippen molar-refractivity contribution in [1.29, 1.82) is 0 Å². The number of rotatable bonds is 4. The summed E-state index contributed by atoms with van der Waals surface area (Å²) in [5, 5.41) is 5.88. The van der Waals surface area contributed by atoms with E-state index in [4.69, 9.17) is 14.4 Å². The first kappa shape index (κ1) is 27.9. The molecule has 0 unspecified atom stereocenters. The second-order valence-electron chi connectivity index (χ2n) is 13.0. The van der Waals surface area contributed by atoms with E-state index in [-0.39, 0.29) is 0 Å². The Morgan fingerprint density at radius 2 is 1.08 bits per heavy atom. The van der Waals surface area contributed by atoms with Gasteiger partial charge in [-0.1, -0.05) is 115 Å². The molecule has 0 aliphatic rings. The summed E-state index contributed by atoms with van der Waals surface area (Å²) < 4.78 is 11.3. The topological polar surface area (TPSA) is 48.8 Å². The van der Waals surface area contributed by atoms with Gasteiger partial charge in [0.05, 0.1) is 22.1 Å². The molecule has 4 heterocycles. The zero-order valence-corrected chi connectivity index (χ0v) is 27.4. The van der Waals surface area contributed by atoms with Crippen LogP contribution >= 0.6 is 0 Å². The molecule has 4 aromatic heterocycles. The predicted octanol–water partition coefficient (Wildman–Crippen LogP) is 11.9. The minimum atomic E-state index is 0.669. The highest BCUT2D eigenvalue weighted by Crippen LogP contribution is 2.43. The quantitative estimate of drug-likeness (QED) is 0.190. The lowest BCUT2D eigenvalue weighted by molar-refractivity contribution is 0.667. The van der Waals surface area contributed by atoms with E-state index < -0.39 is 0 Å². The van der Waals surface area contributed by atoms with Crippen molar-refractivity contribution < 1.29 is 4.42 Å². The van der Waals surface area contributed by atoms with Crippen LogP contribution < -0.4 is 0 Å². The van der Waals surface area contributed by atoms with Gasteiger partial charge in [-0.3, -0.25) is 0 Å². The average Bonchev–Trinajstić information content (AvgIpc) is 3.86. The Morgan fingerprint density at radius 3 is 1.90 bits per heavy atom. The third-order valence-corrected chi connectivity index (χ3v) is 10.1. The molecule has 5 heteroatoms. The van der Waals surface area contributed by atoms with Crippen molar-refractivity contribution in [2.24, 2.45) is 0 Å². The summed E-state index contributed by atoms with van der Waals surface area (Å²) in [6.07, 6.45) is 0. The first-order chi connectivity index (χ1) is 25.3. The Balaban J connectivity index is 1.21. The minimum Gasteiger partial charge on any atom is -0.452 e. The van der Waals surface area contributed by atoms with Gasteiger partial charge in [0.1, 0.15) is 16.8 Å². The number of benzene rings is 7. The molecule has 11 rings (SSSR count). The third-order valence-electron chi connectivity index (χ3n) is 10.1. The van der Waals surface area contributed by atoms with E-state index in [0.29, 0.717) is 11.4 Å². The van der Waals surface area contributed by atoms with E-state index in [9.17, 15) is 0 Å². The zero-order chi connectivity index (χ0) is 33.5. The van der Waals surface area contributed by atoms with Crippen molar-refractivity contribution in [3.63, 3.8) is 0 Å². The lowest BCUT2D eigenvalue weighted by Gasteiger charge is -2.12. The molecule has 0 saturated carbocycles. The largest absolute Gasteiger partial charge is 0.452 e. The molecular formula is C46H28N4O. The summed E-state index contributed by atoms with van der Waals surface area (Å²) in [5.41, 5.74) is 11.9. The van der Waals surface area contributed by atoms with E-state index in [2.05, 4.69) is 143 Å². The highest BCUT2D eigenvalue weighted by molar-refractivity contribution is 6.26. The first-order valence-electron chi connectivity index (χ1n) is 17.2. The number of furan rings is 1. The van der Waals surface area contributed by atoms with Gasteiger partial charge in [-0.2, -0.15) is 0 Å². The molecule has 0 spiro atoms. The fraction of sp³-hybridized carbons (Fsp3) is 0. The van der Waals surface area contributed by atoms with Gasteiger partial charge in [-0.05, 0) is 54.6 Å². The van der Waals surface area contributed by atoms with Crippen LogP contribution in [0.15, 0.2) is 174 Å². The van der Waals surface area contributed by atoms with E-state index in [0.717, 1.165) is 55.7 Å². The van der Waals surface area contributed by atoms with Crippen molar-refractivity contribution in [2.45, 2.75) is 0 Å². The van der Waals surface area contributed by atoms with Crippen molar-refractivity contribution in [3.8, 4) is 34.0 Å². The molecule has 0 fully saturated rings. The number of hydrogen-bond acceptors (Lipinski definition) is 3. The molecule has 0 N–H and O–H groups in total. The van der Waals surface area contributed by atoms with Crippen molar-refractivity contribution in [3.05, 3.63) is 170 Å². The molecular weight excluding hydrogens is 625 g/mol. The Morgan fingerprint density at radius 1 is 0.431 bits per heavy atom. The highest BCUT2D eigenvalue weighted by Gasteiger charge is 2.22. The number of fused-ring (bicyclic) bond motifs is 10. The summed E-state index contributed by atoms with van der Waals surface area (Å²) in [6.45, 7) is 0. The van der Waals surface area contributed by atoms with Crippen LogP contribution in [0.2, 0.25) is 0 Å². The van der Waals surface area contributed by atoms with Crippen LogP contribution in [-0.2, 0) is 0 Å². The van der Waals surface area contributed by atoms with Gasteiger partial charge in [-0.25, -0.2) is 9.97 Å². The Hall–Kier alpha value is -6.98. The van der Waals surface area contributed by atoms with Crippen LogP contribution in [0.1, 0.15) is 0 Å². The monoisotopic (exact) mass is 652 g/mol. The van der Waals surface area contributed by atoms with Gasteiger partial charge in [0, 0.05) is 49.4 Å². The van der Waals surface area contributed by atoms with Gasteiger partial charge in [-0.15, -0.1) is 0 Å². The molecule has 11 aromatic rings. The third kappa shape index (κ3) is 4.09. The van der Waals surface area contributed by atoms with E-state index in [1.165, 1.54) is 32.6 Å². The highest BCUT2D eigenvalue weighted by atomic mass is 16.3. The van der Waals surface area contributed by atoms with Crippen molar-refractivity contribution in [1.82, 2.24) is 19.1 Å². The maximum absolute atomic E-state index is 6.50. The molecule has 0 amide bonds. The Bertz CT molecular complexity index is 3130. The summed E-state index contributed by atoms with van der Waals surface area (Å²) in [5.74, 6) is 0.669. The minimum absolute atomic E-state index is 0.669. The Kier molecular flexibility index (Phi) is 5.89. The zero-order valence-electron chi connectivity index (χ0n) is 27.4. The Labute approximate surface area is 292 Å². The van der Waals surface area contributed by atoms with Crippen LogP contribution in [-0.4, -0.2) is 19.1 Å². The lowest BCUT2D eigenvalue weighted by Crippen LogP contribution is -1.97. The van der Waals surface area contributed by atoms with Crippen LogP contribution in [0.4, 0.5) is 0 Å². The second kappa shape index (κ2) is 10.8. The summed E-state index contributed by atoms with van der Waals surface area (Å²) in [6, 6.07) is 59.6. The normalized spacial score (nSPS) is 11.9. The second-order valence-corrected chi connectivity index (χ2v) is 13.0. The number of para-hydroxylation sites is 4. The molecule has 0 saturated heterocycles. The van der Waals surface area contributed by atoms with Crippen LogP contribution in [0.25, 0.3) is 99.7 Å². The van der Waals surface area contributed by atoms with Crippen molar-refractivity contribution >= 4 is 65.7 Å². The van der Waals surface area contributed by atoms with Gasteiger partial charge in [0.2, 0.25) is 0 Å². The maximum atomic E-state index is 6.50. The summed E-state index contributed by atoms with van der Waals surface area (Å²) in [7, 11) is 0. The standard InChI is InChI=1S/C46H28N4O/c1-3-14-29(15-4-1)46-47-42(45-43(48-46)36-22-9-12-25-40(36)51-45)30-16-13-19-32(28-30)49-38-24-11-8-21-35(38)41-39(49)27-26-34-33-20-7-10-23-37(33)50(44(34)41)31-17-5-2-6-18-31/h1-28H. The van der Waals surface area contributed by atoms with Crippen LogP contribution in [0.5, 0.6) is 0 Å². The van der Waals surface area contributed by atoms with E-state index in [1.54, 1.807) is 0 Å². The van der Waals surface area contributed by atoms with E-state index in [1.807, 2.05) is 36.4 Å². The molecule has 0 radical (unpaired) electrons. The number of aromatic nitrogens is 4. The first-order valence-corrected chi connectivity index (χ1v) is 17.2. The molecule has 7 aromatic carbocycles. The SMILES string of the molecule is c1ccc(-c2nc(-c3cccc(-n4c5ccccc5c5c4ccc4c6ccccc6n(-c6ccccc6)c45)c3)c3oc4ccccc4c3n2)cc1. The molecule has 5 nitrogen and oxygen atoms in total. The fourth-order valence-corrected chi connectivity index (χ4v) is 7.93.